The molecule has 0 fully saturated rings. The number of hydrogen-bond acceptors (Lipinski definition) is 6. The summed E-state index contributed by atoms with van der Waals surface area (Å²) in [5, 5.41) is 12.7. The number of allylic oxidation sites excluding steroid dienone is 1. The van der Waals surface area contributed by atoms with E-state index < -0.39 is 12.1 Å². The number of carbonyl (C=O) groups excluding carboxylic acids is 1. The van der Waals surface area contributed by atoms with E-state index in [0.29, 0.717) is 35.6 Å². The van der Waals surface area contributed by atoms with Crippen LogP contribution in [0.5, 0.6) is 0 Å². The first-order valence-electron chi connectivity index (χ1n) is 10.9. The summed E-state index contributed by atoms with van der Waals surface area (Å²) in [6, 6.07) is 14.6. The molecule has 2 N–H and O–H groups in total. The molecule has 3 aromatic rings. The molecule has 2 atom stereocenters. The van der Waals surface area contributed by atoms with Gasteiger partial charge in [0.15, 0.2) is 0 Å². The van der Waals surface area contributed by atoms with Crippen molar-refractivity contribution in [2.45, 2.75) is 18.6 Å². The highest BCUT2D eigenvalue weighted by atomic mass is 19.1. The van der Waals surface area contributed by atoms with E-state index in [-0.39, 0.29) is 18.3 Å². The number of benzene rings is 2. The van der Waals surface area contributed by atoms with Crippen LogP contribution < -0.4 is 5.32 Å². The Hall–Kier alpha value is -3.75. The number of halogens is 1. The molecule has 1 aliphatic rings. The summed E-state index contributed by atoms with van der Waals surface area (Å²) in [7, 11) is 1.48. The lowest BCUT2D eigenvalue weighted by Gasteiger charge is -2.25. The summed E-state index contributed by atoms with van der Waals surface area (Å²) < 4.78 is 18.7. The first kappa shape index (κ1) is 23.4. The average molecular weight is 461 g/mol. The number of aliphatic hydroxyl groups is 1. The molecule has 1 unspecified atom stereocenters. The molecule has 0 aliphatic carbocycles. The first-order valence-corrected chi connectivity index (χ1v) is 10.9. The van der Waals surface area contributed by atoms with Gasteiger partial charge in [-0.15, -0.1) is 0 Å². The van der Waals surface area contributed by atoms with Crippen molar-refractivity contribution < 1.29 is 19.0 Å². The van der Waals surface area contributed by atoms with Crippen LogP contribution in [0.15, 0.2) is 78.1 Å². The minimum atomic E-state index is -0.631. The van der Waals surface area contributed by atoms with Crippen molar-refractivity contribution in [3.63, 3.8) is 0 Å². The molecule has 1 aromatic heterocycles. The summed E-state index contributed by atoms with van der Waals surface area (Å²) in [5.41, 5.74) is 3.65. The molecule has 34 heavy (non-hydrogen) atoms. The van der Waals surface area contributed by atoms with Gasteiger partial charge >= 0.3 is 0 Å². The Bertz CT molecular complexity index is 1190. The van der Waals surface area contributed by atoms with Crippen molar-refractivity contribution in [2.24, 2.45) is 4.99 Å². The van der Waals surface area contributed by atoms with Crippen LogP contribution in [-0.2, 0) is 11.2 Å². The van der Waals surface area contributed by atoms with Crippen molar-refractivity contribution in [1.29, 1.82) is 0 Å². The molecule has 2 aromatic carbocycles. The van der Waals surface area contributed by atoms with Crippen LogP contribution >= 0.6 is 0 Å². The lowest BCUT2D eigenvalue weighted by Crippen LogP contribution is -2.47. The first-order chi connectivity index (χ1) is 16.6. The fourth-order valence-corrected chi connectivity index (χ4v) is 3.85. The van der Waals surface area contributed by atoms with Gasteiger partial charge in [-0.25, -0.2) is 14.4 Å². The lowest BCUT2D eigenvalue weighted by atomic mass is 9.99. The van der Waals surface area contributed by atoms with E-state index in [9.17, 15) is 14.3 Å². The minimum Gasteiger partial charge on any atom is -0.394 e. The van der Waals surface area contributed by atoms with Crippen molar-refractivity contribution in [1.82, 2.24) is 15.3 Å². The molecule has 0 radical (unpaired) electrons. The maximum absolute atomic E-state index is 13.3. The van der Waals surface area contributed by atoms with Gasteiger partial charge in [-0.3, -0.25) is 9.79 Å². The Morgan fingerprint density at radius 1 is 1.12 bits per heavy atom. The van der Waals surface area contributed by atoms with Crippen molar-refractivity contribution in [3.8, 4) is 0 Å². The Labute approximate surface area is 197 Å². The summed E-state index contributed by atoms with van der Waals surface area (Å²) in [4.78, 5) is 26.4. The van der Waals surface area contributed by atoms with Crippen LogP contribution in [0.2, 0.25) is 0 Å². The van der Waals surface area contributed by atoms with Gasteiger partial charge < -0.3 is 15.2 Å². The molecule has 2 heterocycles. The largest absolute Gasteiger partial charge is 0.394 e. The molecule has 4 rings (SSSR count). The zero-order valence-corrected chi connectivity index (χ0v) is 18.7. The highest BCUT2D eigenvalue weighted by molar-refractivity contribution is 6.19. The molecule has 174 valence electrons. The van der Waals surface area contributed by atoms with Gasteiger partial charge in [-0.1, -0.05) is 30.3 Å². The fourth-order valence-electron chi connectivity index (χ4n) is 3.85. The van der Waals surface area contributed by atoms with Crippen LogP contribution in [0.3, 0.4) is 0 Å². The van der Waals surface area contributed by atoms with Crippen molar-refractivity contribution in [3.05, 3.63) is 101 Å². The standard InChI is InChI=1S/C26H25FN4O3/c1-34-24(16-32)23(14-25-28-11-4-12-29-25)31-26(33)21-6-3-2-5-20(21)22-13-18(15-30-22)17-7-9-19(27)10-8-17/h2-13,23-24,32H,14-16H2,1H3,(H,31,33)/t23-,24?/m1/s1. The number of hydrogen-bond donors (Lipinski definition) is 2. The van der Waals surface area contributed by atoms with E-state index in [4.69, 9.17) is 4.74 Å². The number of methoxy groups -OCH3 is 1. The normalized spacial score (nSPS) is 14.8. The number of ether oxygens (including phenoxy) is 1. The summed E-state index contributed by atoms with van der Waals surface area (Å²) in [6.45, 7) is 0.174. The molecule has 0 spiro atoms. The lowest BCUT2D eigenvalue weighted by molar-refractivity contribution is 0.0211. The molecule has 1 aliphatic heterocycles. The monoisotopic (exact) mass is 460 g/mol. The van der Waals surface area contributed by atoms with Gasteiger partial charge in [-0.05, 0) is 41.5 Å². The third-order valence-electron chi connectivity index (χ3n) is 5.66. The number of nitrogens with one attached hydrogen (secondary N) is 1. The van der Waals surface area contributed by atoms with Gasteiger partial charge in [-0.2, -0.15) is 0 Å². The van der Waals surface area contributed by atoms with Crippen LogP contribution in [0.25, 0.3) is 5.57 Å². The topological polar surface area (TPSA) is 96.7 Å². The Kier molecular flexibility index (Phi) is 7.51. The zero-order valence-electron chi connectivity index (χ0n) is 18.7. The number of nitrogens with zero attached hydrogens (tertiary/aromatic N) is 3. The average Bonchev–Trinajstić information content (AvgIpc) is 3.36. The number of aliphatic hydroxyl groups excluding tert-OH is 1. The molecular formula is C26H25FN4O3. The van der Waals surface area contributed by atoms with E-state index in [0.717, 1.165) is 11.1 Å². The van der Waals surface area contributed by atoms with E-state index in [1.807, 2.05) is 18.2 Å². The van der Waals surface area contributed by atoms with Gasteiger partial charge in [0, 0.05) is 37.1 Å². The number of aliphatic imine (C=N–C) groups is 1. The third kappa shape index (κ3) is 5.41. The Morgan fingerprint density at radius 3 is 2.56 bits per heavy atom. The van der Waals surface area contributed by atoms with Gasteiger partial charge in [0.1, 0.15) is 17.7 Å². The van der Waals surface area contributed by atoms with Gasteiger partial charge in [0.25, 0.3) is 5.91 Å². The summed E-state index contributed by atoms with van der Waals surface area (Å²) in [5.74, 6) is -0.0832. The predicted octanol–water partition coefficient (Wildman–Crippen LogP) is 2.85. The molecular weight excluding hydrogens is 435 g/mol. The SMILES string of the molecule is COC(CO)[C@@H](Cc1ncccn1)NC(=O)c1ccccc1C1=NCC(c2ccc(F)cc2)=C1. The minimum absolute atomic E-state index is 0.271. The number of carbonyl (C=O) groups is 1. The van der Waals surface area contributed by atoms with E-state index >= 15 is 0 Å². The maximum atomic E-state index is 13.3. The smallest absolute Gasteiger partial charge is 0.252 e. The second-order valence-corrected chi connectivity index (χ2v) is 7.83. The van der Waals surface area contributed by atoms with Gasteiger partial charge in [0.05, 0.1) is 24.9 Å². The fraction of sp³-hybridized carbons (Fsp3) is 0.231. The summed E-state index contributed by atoms with van der Waals surface area (Å²) >= 11 is 0. The van der Waals surface area contributed by atoms with E-state index in [1.165, 1.54) is 19.2 Å². The van der Waals surface area contributed by atoms with Crippen molar-refractivity contribution in [2.75, 3.05) is 20.3 Å². The van der Waals surface area contributed by atoms with E-state index in [2.05, 4.69) is 20.3 Å². The third-order valence-corrected chi connectivity index (χ3v) is 5.66. The van der Waals surface area contributed by atoms with Gasteiger partial charge in [0.2, 0.25) is 0 Å². The van der Waals surface area contributed by atoms with Crippen LogP contribution in [0.1, 0.15) is 27.3 Å². The highest BCUT2D eigenvalue weighted by Gasteiger charge is 2.26. The molecule has 0 saturated carbocycles. The van der Waals surface area contributed by atoms with Crippen LogP contribution in [0, 0.1) is 5.82 Å². The predicted molar refractivity (Wildman–Crippen MR) is 127 cm³/mol. The number of amides is 1. The van der Waals surface area contributed by atoms with Crippen molar-refractivity contribution >= 4 is 17.2 Å². The Balaban J connectivity index is 1.57. The molecule has 8 heteroatoms. The Morgan fingerprint density at radius 2 is 1.85 bits per heavy atom. The number of aromatic nitrogens is 2. The molecule has 7 nitrogen and oxygen atoms in total. The summed E-state index contributed by atoms with van der Waals surface area (Å²) in [6.07, 6.45) is 4.83. The maximum Gasteiger partial charge on any atom is 0.252 e. The molecule has 1 amide bonds. The quantitative estimate of drug-likeness (QED) is 0.512. The number of rotatable bonds is 9. The van der Waals surface area contributed by atoms with E-state index in [1.54, 1.807) is 42.7 Å². The molecule has 0 saturated heterocycles. The van der Waals surface area contributed by atoms with Crippen LogP contribution in [0.4, 0.5) is 4.39 Å². The second kappa shape index (κ2) is 10.9. The molecule has 0 bridgehead atoms. The highest BCUT2D eigenvalue weighted by Crippen LogP contribution is 2.24. The van der Waals surface area contributed by atoms with Crippen LogP contribution in [-0.4, -0.2) is 59.1 Å². The second-order valence-electron chi connectivity index (χ2n) is 7.83. The zero-order chi connectivity index (χ0) is 23.9.